The van der Waals surface area contributed by atoms with Crippen molar-refractivity contribution >= 4 is 23.2 Å². The Kier molecular flexibility index (Phi) is 4.90. The summed E-state index contributed by atoms with van der Waals surface area (Å²) >= 11 is 1.06. The fraction of sp³-hybridized carbons (Fsp3) is 0.294. The predicted octanol–water partition coefficient (Wildman–Crippen LogP) is 3.13. The molecule has 0 saturated heterocycles. The number of oxazole rings is 1. The van der Waals surface area contributed by atoms with Gasteiger partial charge in [0.1, 0.15) is 15.6 Å². The van der Waals surface area contributed by atoms with Crippen LogP contribution in [0, 0.1) is 13.8 Å². The van der Waals surface area contributed by atoms with Crippen molar-refractivity contribution in [3.8, 4) is 11.7 Å². The molecule has 0 fully saturated rings. The van der Waals surface area contributed by atoms with Crippen LogP contribution in [0.1, 0.15) is 44.8 Å². The van der Waals surface area contributed by atoms with Crippen LogP contribution in [0.3, 0.4) is 0 Å². The van der Waals surface area contributed by atoms with E-state index in [1.807, 2.05) is 0 Å². The van der Waals surface area contributed by atoms with Crippen molar-refractivity contribution in [1.82, 2.24) is 15.3 Å². The smallest absolute Gasteiger partial charge is 0.347 e. The second-order valence-electron chi connectivity index (χ2n) is 5.74. The molecular weight excluding hydrogens is 358 g/mol. The molecule has 1 amide bonds. The minimum absolute atomic E-state index is 0.0382. The van der Waals surface area contributed by atoms with E-state index >= 15 is 0 Å². The van der Waals surface area contributed by atoms with Crippen LogP contribution in [0.25, 0.3) is 11.7 Å². The zero-order valence-corrected chi connectivity index (χ0v) is 15.2. The lowest BCUT2D eigenvalue weighted by atomic mass is 10.2. The van der Waals surface area contributed by atoms with E-state index in [0.717, 1.165) is 11.3 Å². The number of thiazole rings is 1. The molecule has 0 saturated carbocycles. The maximum absolute atomic E-state index is 12.3. The van der Waals surface area contributed by atoms with Gasteiger partial charge in [0.2, 0.25) is 5.91 Å². The second-order valence-corrected chi connectivity index (χ2v) is 6.77. The summed E-state index contributed by atoms with van der Waals surface area (Å²) in [6.07, 6.45) is 1.56. The Morgan fingerprint density at radius 1 is 1.35 bits per heavy atom. The molecule has 0 radical (unpaired) electrons. The van der Waals surface area contributed by atoms with Crippen LogP contribution in [0.4, 0.5) is 0 Å². The van der Waals surface area contributed by atoms with Crippen LogP contribution in [-0.4, -0.2) is 27.0 Å². The number of carbonyl (C=O) groups is 2. The summed E-state index contributed by atoms with van der Waals surface area (Å²) in [7, 11) is 0. The van der Waals surface area contributed by atoms with Crippen LogP contribution in [0.15, 0.2) is 27.2 Å². The first-order chi connectivity index (χ1) is 12.3. The third kappa shape index (κ3) is 3.67. The molecule has 3 rings (SSSR count). The highest BCUT2D eigenvalue weighted by atomic mass is 32.1. The highest BCUT2D eigenvalue weighted by Crippen LogP contribution is 2.24. The molecule has 3 aromatic heterocycles. The van der Waals surface area contributed by atoms with Crippen LogP contribution in [0.2, 0.25) is 0 Å². The number of carboxylic acids is 1. The molecule has 0 spiro atoms. The van der Waals surface area contributed by atoms with Gasteiger partial charge in [-0.15, -0.1) is 11.3 Å². The van der Waals surface area contributed by atoms with Gasteiger partial charge in [-0.05, 0) is 32.9 Å². The molecule has 0 aliphatic carbocycles. The Labute approximate surface area is 152 Å². The number of rotatable bonds is 6. The summed E-state index contributed by atoms with van der Waals surface area (Å²) in [5, 5.41) is 12.5. The number of hydrogen-bond donors (Lipinski definition) is 2. The molecule has 1 atom stereocenters. The third-order valence-electron chi connectivity index (χ3n) is 3.71. The third-order valence-corrected chi connectivity index (χ3v) is 5.04. The van der Waals surface area contributed by atoms with Crippen LogP contribution >= 0.6 is 11.3 Å². The molecule has 8 nitrogen and oxygen atoms in total. The number of carbonyl (C=O) groups excluding carboxylic acids is 1. The van der Waals surface area contributed by atoms with Crippen molar-refractivity contribution in [2.24, 2.45) is 0 Å². The van der Waals surface area contributed by atoms with E-state index in [4.69, 9.17) is 13.9 Å². The second kappa shape index (κ2) is 7.12. The fourth-order valence-corrected chi connectivity index (χ4v) is 3.31. The average Bonchev–Trinajstić information content (AvgIpc) is 3.27. The first-order valence-corrected chi connectivity index (χ1v) is 8.67. The van der Waals surface area contributed by atoms with Crippen molar-refractivity contribution in [3.05, 3.63) is 45.4 Å². The van der Waals surface area contributed by atoms with Gasteiger partial charge in [-0.1, -0.05) is 0 Å². The first kappa shape index (κ1) is 17.9. The molecule has 3 heterocycles. The predicted molar refractivity (Wildman–Crippen MR) is 93.0 cm³/mol. The highest BCUT2D eigenvalue weighted by Gasteiger charge is 2.21. The molecule has 0 aliphatic rings. The number of nitrogens with zero attached hydrogens (tertiary/aromatic N) is 2. The molecule has 136 valence electrons. The van der Waals surface area contributed by atoms with Crippen LogP contribution in [-0.2, 0) is 11.2 Å². The van der Waals surface area contributed by atoms with Gasteiger partial charge >= 0.3 is 5.97 Å². The number of hydrogen-bond acceptors (Lipinski definition) is 7. The van der Waals surface area contributed by atoms with Crippen LogP contribution in [0.5, 0.6) is 0 Å². The lowest BCUT2D eigenvalue weighted by molar-refractivity contribution is -0.121. The number of nitrogens with one attached hydrogen (secondary N) is 1. The Morgan fingerprint density at radius 2 is 2.12 bits per heavy atom. The lowest BCUT2D eigenvalue weighted by Crippen LogP contribution is -2.28. The maximum Gasteiger partial charge on any atom is 0.347 e. The number of aromatic nitrogens is 2. The van der Waals surface area contributed by atoms with E-state index < -0.39 is 12.0 Å². The molecule has 26 heavy (non-hydrogen) atoms. The quantitative estimate of drug-likeness (QED) is 0.679. The van der Waals surface area contributed by atoms with E-state index in [0.29, 0.717) is 33.8 Å². The van der Waals surface area contributed by atoms with Gasteiger partial charge in [0.05, 0.1) is 30.1 Å². The first-order valence-electron chi connectivity index (χ1n) is 7.85. The van der Waals surface area contributed by atoms with Crippen molar-refractivity contribution in [2.45, 2.75) is 33.2 Å². The van der Waals surface area contributed by atoms with Gasteiger partial charge in [-0.25, -0.2) is 14.8 Å². The summed E-state index contributed by atoms with van der Waals surface area (Å²) < 4.78 is 10.8. The SMILES string of the molecule is Cc1nc(C(C)NC(=O)Cc2nc(-c3ccco3)oc2C)sc1C(=O)O. The van der Waals surface area contributed by atoms with Gasteiger partial charge in [0.15, 0.2) is 5.76 Å². The summed E-state index contributed by atoms with van der Waals surface area (Å²) in [5.41, 5.74) is 0.955. The average molecular weight is 375 g/mol. The van der Waals surface area contributed by atoms with Gasteiger partial charge in [-0.2, -0.15) is 0 Å². The van der Waals surface area contributed by atoms with E-state index in [-0.39, 0.29) is 17.2 Å². The van der Waals surface area contributed by atoms with Gasteiger partial charge < -0.3 is 19.3 Å². The molecule has 9 heteroatoms. The van der Waals surface area contributed by atoms with Gasteiger partial charge in [0, 0.05) is 0 Å². The minimum atomic E-state index is -1.02. The van der Waals surface area contributed by atoms with Crippen molar-refractivity contribution < 1.29 is 23.5 Å². The molecule has 2 N–H and O–H groups in total. The fourth-order valence-electron chi connectivity index (χ4n) is 2.40. The van der Waals surface area contributed by atoms with E-state index in [1.165, 1.54) is 6.26 Å². The minimum Gasteiger partial charge on any atom is -0.477 e. The van der Waals surface area contributed by atoms with E-state index in [2.05, 4.69) is 15.3 Å². The monoisotopic (exact) mass is 375 g/mol. The number of amides is 1. The standard InChI is InChI=1S/C17H17N3O5S/c1-8-14(17(22)23)26-16(19-8)9(2)18-13(21)7-11-10(3)25-15(20-11)12-5-4-6-24-12/h4-6,9H,7H2,1-3H3,(H,18,21)(H,22,23). The number of aromatic carboxylic acids is 1. The lowest BCUT2D eigenvalue weighted by Gasteiger charge is -2.10. The molecule has 0 aromatic carbocycles. The summed E-state index contributed by atoms with van der Waals surface area (Å²) in [5.74, 6) is 0.0770. The maximum atomic E-state index is 12.3. The Bertz CT molecular complexity index is 942. The van der Waals surface area contributed by atoms with Gasteiger partial charge in [-0.3, -0.25) is 4.79 Å². The summed E-state index contributed by atoms with van der Waals surface area (Å²) in [6, 6.07) is 3.04. The Morgan fingerprint density at radius 3 is 2.73 bits per heavy atom. The zero-order chi connectivity index (χ0) is 18.8. The highest BCUT2D eigenvalue weighted by molar-refractivity contribution is 7.13. The van der Waals surface area contributed by atoms with E-state index in [9.17, 15) is 9.59 Å². The largest absolute Gasteiger partial charge is 0.477 e. The number of furan rings is 1. The molecule has 3 aromatic rings. The summed E-state index contributed by atoms with van der Waals surface area (Å²) in [6.45, 7) is 5.12. The van der Waals surface area contributed by atoms with Crippen molar-refractivity contribution in [3.63, 3.8) is 0 Å². The Balaban J connectivity index is 1.67. The zero-order valence-electron chi connectivity index (χ0n) is 14.4. The molecular formula is C17H17N3O5S. The normalized spacial score (nSPS) is 12.1. The molecule has 0 aliphatic heterocycles. The van der Waals surface area contributed by atoms with Crippen LogP contribution < -0.4 is 5.32 Å². The topological polar surface area (TPSA) is 118 Å². The van der Waals surface area contributed by atoms with Crippen molar-refractivity contribution in [2.75, 3.05) is 0 Å². The molecule has 1 unspecified atom stereocenters. The van der Waals surface area contributed by atoms with Crippen molar-refractivity contribution in [1.29, 1.82) is 0 Å². The Hall–Kier alpha value is -2.94. The summed E-state index contributed by atoms with van der Waals surface area (Å²) in [4.78, 5) is 32.1. The number of aryl methyl sites for hydroxylation is 2. The van der Waals surface area contributed by atoms with Gasteiger partial charge in [0.25, 0.3) is 5.89 Å². The number of carboxylic acid groups (broad SMARTS) is 1. The van der Waals surface area contributed by atoms with E-state index in [1.54, 1.807) is 32.9 Å². The molecule has 0 bridgehead atoms.